The molecule has 60 valence electrons. The van der Waals surface area contributed by atoms with Crippen LogP contribution in [0.15, 0.2) is 0 Å². The van der Waals surface area contributed by atoms with Crippen LogP contribution in [0.1, 0.15) is 6.42 Å². The van der Waals surface area contributed by atoms with Crippen molar-refractivity contribution in [1.29, 1.82) is 0 Å². The molecule has 1 aliphatic rings. The second-order valence-electron chi connectivity index (χ2n) is 2.74. The molecule has 0 aromatic rings. The minimum Gasteiger partial charge on any atom is -0.383 e. The van der Waals surface area contributed by atoms with Gasteiger partial charge in [-0.25, -0.2) is 0 Å². The molecule has 0 radical (unpaired) electrons. The van der Waals surface area contributed by atoms with Crippen LogP contribution in [0.3, 0.4) is 0 Å². The molecule has 0 saturated carbocycles. The van der Waals surface area contributed by atoms with E-state index in [2.05, 4.69) is 17.5 Å². The maximum absolute atomic E-state index is 4.97. The van der Waals surface area contributed by atoms with E-state index in [0.717, 1.165) is 19.7 Å². The average Bonchev–Trinajstić information content (AvgIpc) is 2.31. The molecular formula is C7H15NOS. The summed E-state index contributed by atoms with van der Waals surface area (Å²) in [7, 11) is 1.74. The summed E-state index contributed by atoms with van der Waals surface area (Å²) in [5.41, 5.74) is 0. The molecule has 10 heavy (non-hydrogen) atoms. The Balaban J connectivity index is 2.06. The first-order valence-electron chi connectivity index (χ1n) is 3.72. The van der Waals surface area contributed by atoms with Crippen LogP contribution in [-0.4, -0.2) is 43.5 Å². The number of thiol groups is 1. The van der Waals surface area contributed by atoms with Crippen LogP contribution in [0.25, 0.3) is 0 Å². The lowest BCUT2D eigenvalue weighted by molar-refractivity contribution is 0.161. The fraction of sp³-hybridized carbons (Fsp3) is 1.00. The Morgan fingerprint density at radius 1 is 1.70 bits per heavy atom. The average molecular weight is 161 g/mol. The fourth-order valence-electron chi connectivity index (χ4n) is 1.24. The van der Waals surface area contributed by atoms with Gasteiger partial charge in [-0.3, -0.25) is 4.90 Å². The second-order valence-corrected chi connectivity index (χ2v) is 3.47. The first-order valence-corrected chi connectivity index (χ1v) is 4.24. The van der Waals surface area contributed by atoms with Crippen molar-refractivity contribution < 1.29 is 4.74 Å². The highest BCUT2D eigenvalue weighted by Gasteiger charge is 2.17. The quantitative estimate of drug-likeness (QED) is 0.610. The van der Waals surface area contributed by atoms with Crippen LogP contribution in [0.5, 0.6) is 0 Å². The molecule has 0 aliphatic carbocycles. The highest BCUT2D eigenvalue weighted by molar-refractivity contribution is 7.81. The van der Waals surface area contributed by atoms with Crippen molar-refractivity contribution in [2.75, 3.05) is 33.4 Å². The van der Waals surface area contributed by atoms with Crippen molar-refractivity contribution in [2.24, 2.45) is 0 Å². The van der Waals surface area contributed by atoms with Gasteiger partial charge in [0.25, 0.3) is 0 Å². The maximum atomic E-state index is 4.97. The molecule has 1 unspecified atom stereocenters. The monoisotopic (exact) mass is 161 g/mol. The third-order valence-corrected chi connectivity index (χ3v) is 2.28. The van der Waals surface area contributed by atoms with E-state index in [-0.39, 0.29) is 0 Å². The topological polar surface area (TPSA) is 12.5 Å². The molecule has 0 N–H and O–H groups in total. The largest absolute Gasteiger partial charge is 0.383 e. The van der Waals surface area contributed by atoms with Gasteiger partial charge < -0.3 is 4.74 Å². The van der Waals surface area contributed by atoms with Crippen molar-refractivity contribution >= 4 is 12.6 Å². The Bertz CT molecular complexity index is 99.6. The predicted molar refractivity (Wildman–Crippen MR) is 45.7 cm³/mol. The lowest BCUT2D eigenvalue weighted by Gasteiger charge is -2.13. The first kappa shape index (κ1) is 8.37. The van der Waals surface area contributed by atoms with Gasteiger partial charge in [0, 0.05) is 25.4 Å². The Kier molecular flexibility index (Phi) is 3.52. The van der Waals surface area contributed by atoms with E-state index < -0.39 is 0 Å². The van der Waals surface area contributed by atoms with Crippen LogP contribution in [-0.2, 0) is 4.74 Å². The summed E-state index contributed by atoms with van der Waals surface area (Å²) in [6.07, 6.45) is 1.23. The summed E-state index contributed by atoms with van der Waals surface area (Å²) in [6, 6.07) is 0. The number of likely N-dealkylation sites (tertiary alicyclic amines) is 1. The van der Waals surface area contributed by atoms with Crippen molar-refractivity contribution in [3.8, 4) is 0 Å². The Labute approximate surface area is 68.0 Å². The fourth-order valence-corrected chi connectivity index (χ4v) is 1.58. The van der Waals surface area contributed by atoms with Crippen LogP contribution >= 0.6 is 12.6 Å². The van der Waals surface area contributed by atoms with Crippen molar-refractivity contribution in [3.63, 3.8) is 0 Å². The molecule has 1 aliphatic heterocycles. The van der Waals surface area contributed by atoms with Crippen LogP contribution in [0.4, 0.5) is 0 Å². The molecule has 1 heterocycles. The minimum absolute atomic E-state index is 0.594. The number of hydrogen-bond acceptors (Lipinski definition) is 3. The molecular weight excluding hydrogens is 146 g/mol. The summed E-state index contributed by atoms with van der Waals surface area (Å²) in [5, 5.41) is 0.594. The zero-order valence-electron chi connectivity index (χ0n) is 6.42. The molecule has 1 fully saturated rings. The third kappa shape index (κ3) is 2.48. The molecule has 0 aromatic carbocycles. The summed E-state index contributed by atoms with van der Waals surface area (Å²) in [6.45, 7) is 4.23. The van der Waals surface area contributed by atoms with E-state index in [1.807, 2.05) is 0 Å². The van der Waals surface area contributed by atoms with Crippen LogP contribution in [0.2, 0.25) is 0 Å². The molecule has 1 saturated heterocycles. The highest BCUT2D eigenvalue weighted by Crippen LogP contribution is 2.12. The van der Waals surface area contributed by atoms with Gasteiger partial charge in [0.15, 0.2) is 0 Å². The molecule has 1 rings (SSSR count). The second kappa shape index (κ2) is 4.21. The summed E-state index contributed by atoms with van der Waals surface area (Å²) in [5.74, 6) is 0. The van der Waals surface area contributed by atoms with E-state index in [1.54, 1.807) is 7.11 Å². The standard InChI is InChI=1S/C7H15NOS/c1-9-5-4-8-3-2-7(10)6-8/h7,10H,2-6H2,1H3. The van der Waals surface area contributed by atoms with Crippen LogP contribution < -0.4 is 0 Å². The first-order chi connectivity index (χ1) is 4.83. The van der Waals surface area contributed by atoms with Gasteiger partial charge in [-0.15, -0.1) is 0 Å². The van der Waals surface area contributed by atoms with E-state index in [1.165, 1.54) is 13.0 Å². The Morgan fingerprint density at radius 2 is 2.50 bits per heavy atom. The molecule has 0 amide bonds. The molecule has 0 aromatic heterocycles. The van der Waals surface area contributed by atoms with E-state index in [0.29, 0.717) is 5.25 Å². The maximum Gasteiger partial charge on any atom is 0.0589 e. The van der Waals surface area contributed by atoms with Crippen LogP contribution in [0, 0.1) is 0 Å². The number of ether oxygens (including phenoxy) is 1. The Hall–Kier alpha value is 0.270. The Morgan fingerprint density at radius 3 is 3.00 bits per heavy atom. The number of methoxy groups -OCH3 is 1. The van der Waals surface area contributed by atoms with Gasteiger partial charge in [0.2, 0.25) is 0 Å². The SMILES string of the molecule is COCCN1CCC(S)C1. The number of rotatable bonds is 3. The lowest BCUT2D eigenvalue weighted by atomic mass is 10.4. The normalized spacial score (nSPS) is 27.6. The van der Waals surface area contributed by atoms with Crippen molar-refractivity contribution in [1.82, 2.24) is 4.90 Å². The summed E-state index contributed by atoms with van der Waals surface area (Å²) < 4.78 is 4.97. The summed E-state index contributed by atoms with van der Waals surface area (Å²) in [4.78, 5) is 2.39. The predicted octanol–water partition coefficient (Wildman–Crippen LogP) is 0.637. The third-order valence-electron chi connectivity index (χ3n) is 1.86. The number of nitrogens with zero attached hydrogens (tertiary/aromatic N) is 1. The van der Waals surface area contributed by atoms with Gasteiger partial charge in [-0.1, -0.05) is 0 Å². The zero-order valence-corrected chi connectivity index (χ0v) is 7.31. The molecule has 2 nitrogen and oxygen atoms in total. The molecule has 3 heteroatoms. The van der Waals surface area contributed by atoms with E-state index in [9.17, 15) is 0 Å². The number of hydrogen-bond donors (Lipinski definition) is 1. The minimum atomic E-state index is 0.594. The lowest BCUT2D eigenvalue weighted by Crippen LogP contribution is -2.24. The molecule has 1 atom stereocenters. The van der Waals surface area contributed by atoms with Gasteiger partial charge in [-0.2, -0.15) is 12.6 Å². The molecule has 0 spiro atoms. The van der Waals surface area contributed by atoms with Crippen molar-refractivity contribution in [3.05, 3.63) is 0 Å². The van der Waals surface area contributed by atoms with Gasteiger partial charge >= 0.3 is 0 Å². The molecule has 0 bridgehead atoms. The van der Waals surface area contributed by atoms with Gasteiger partial charge in [0.05, 0.1) is 6.61 Å². The zero-order chi connectivity index (χ0) is 7.40. The highest BCUT2D eigenvalue weighted by atomic mass is 32.1. The van der Waals surface area contributed by atoms with Gasteiger partial charge in [-0.05, 0) is 13.0 Å². The van der Waals surface area contributed by atoms with E-state index in [4.69, 9.17) is 4.74 Å². The summed E-state index contributed by atoms with van der Waals surface area (Å²) >= 11 is 4.39. The van der Waals surface area contributed by atoms with E-state index >= 15 is 0 Å². The smallest absolute Gasteiger partial charge is 0.0589 e. The van der Waals surface area contributed by atoms with Gasteiger partial charge in [0.1, 0.15) is 0 Å². The van der Waals surface area contributed by atoms with Crippen molar-refractivity contribution in [2.45, 2.75) is 11.7 Å².